The molecule has 0 fully saturated rings. The van der Waals surface area contributed by atoms with E-state index in [0.717, 1.165) is 6.42 Å². The molecule has 1 aliphatic rings. The van der Waals surface area contributed by atoms with E-state index in [2.05, 4.69) is 36.2 Å². The molecule has 0 unspecified atom stereocenters. The van der Waals surface area contributed by atoms with Crippen LogP contribution in [0.2, 0.25) is 0 Å². The summed E-state index contributed by atoms with van der Waals surface area (Å²) in [5.74, 6) is 0. The molecule has 0 aromatic heterocycles. The van der Waals surface area contributed by atoms with Crippen LogP contribution in [0.25, 0.3) is 0 Å². The Morgan fingerprint density at radius 1 is 1.36 bits per heavy atom. The van der Waals surface area contributed by atoms with Crippen molar-refractivity contribution in [1.29, 1.82) is 0 Å². The molecular weight excluding hydrogens is 134 g/mol. The summed E-state index contributed by atoms with van der Waals surface area (Å²) in [7, 11) is 0. The van der Waals surface area contributed by atoms with Crippen LogP contribution in [0.4, 0.5) is 0 Å². The highest BCUT2D eigenvalue weighted by molar-refractivity contribution is 5.82. The van der Waals surface area contributed by atoms with Gasteiger partial charge in [0.15, 0.2) is 0 Å². The summed E-state index contributed by atoms with van der Waals surface area (Å²) in [6.07, 6.45) is 3.07. The van der Waals surface area contributed by atoms with Gasteiger partial charge >= 0.3 is 0 Å². The summed E-state index contributed by atoms with van der Waals surface area (Å²) in [6.45, 7) is 2.15. The maximum Gasteiger partial charge on any atom is 0.0512 e. The summed E-state index contributed by atoms with van der Waals surface area (Å²) < 4.78 is 0. The first-order valence-corrected chi connectivity index (χ1v) is 3.97. The SMILES string of the molecule is C[C@@H]1Cc2ccccc2C=N1. The van der Waals surface area contributed by atoms with E-state index >= 15 is 0 Å². The van der Waals surface area contributed by atoms with E-state index in [9.17, 15) is 0 Å². The van der Waals surface area contributed by atoms with Crippen molar-refractivity contribution in [2.75, 3.05) is 0 Å². The molecule has 1 atom stereocenters. The third kappa shape index (κ3) is 1.18. The number of rotatable bonds is 0. The van der Waals surface area contributed by atoms with Crippen molar-refractivity contribution in [2.24, 2.45) is 4.99 Å². The Bertz CT molecular complexity index is 289. The van der Waals surface area contributed by atoms with Crippen LogP contribution in [0.3, 0.4) is 0 Å². The number of nitrogens with zero attached hydrogens (tertiary/aromatic N) is 1. The molecule has 0 N–H and O–H groups in total. The molecule has 0 saturated carbocycles. The molecule has 2 rings (SSSR count). The van der Waals surface area contributed by atoms with Gasteiger partial charge in [-0.1, -0.05) is 24.3 Å². The van der Waals surface area contributed by atoms with E-state index in [0.29, 0.717) is 6.04 Å². The first kappa shape index (κ1) is 6.59. The van der Waals surface area contributed by atoms with Crippen molar-refractivity contribution in [1.82, 2.24) is 0 Å². The lowest BCUT2D eigenvalue weighted by atomic mass is 9.99. The van der Waals surface area contributed by atoms with Gasteiger partial charge in [-0.05, 0) is 24.5 Å². The van der Waals surface area contributed by atoms with Gasteiger partial charge in [-0.3, -0.25) is 4.99 Å². The van der Waals surface area contributed by atoms with E-state index in [1.807, 2.05) is 6.21 Å². The fourth-order valence-corrected chi connectivity index (χ4v) is 1.42. The maximum absolute atomic E-state index is 4.35. The highest BCUT2D eigenvalue weighted by Gasteiger charge is 2.08. The Morgan fingerprint density at radius 3 is 3.09 bits per heavy atom. The molecule has 1 nitrogen and oxygen atoms in total. The fourth-order valence-electron chi connectivity index (χ4n) is 1.42. The van der Waals surface area contributed by atoms with E-state index in [4.69, 9.17) is 0 Å². The summed E-state index contributed by atoms with van der Waals surface area (Å²) in [4.78, 5) is 4.35. The lowest BCUT2D eigenvalue weighted by molar-refractivity contribution is 0.732. The molecule has 1 aromatic rings. The zero-order valence-corrected chi connectivity index (χ0v) is 6.62. The van der Waals surface area contributed by atoms with Crippen LogP contribution in [0.1, 0.15) is 18.1 Å². The summed E-state index contributed by atoms with van der Waals surface area (Å²) >= 11 is 0. The van der Waals surface area contributed by atoms with Crippen molar-refractivity contribution in [3.8, 4) is 0 Å². The van der Waals surface area contributed by atoms with Gasteiger partial charge in [-0.2, -0.15) is 0 Å². The number of fused-ring (bicyclic) bond motifs is 1. The first-order chi connectivity index (χ1) is 5.36. The van der Waals surface area contributed by atoms with Crippen molar-refractivity contribution < 1.29 is 0 Å². The van der Waals surface area contributed by atoms with E-state index in [1.165, 1.54) is 11.1 Å². The van der Waals surface area contributed by atoms with E-state index in [-0.39, 0.29) is 0 Å². The maximum atomic E-state index is 4.35. The molecule has 0 spiro atoms. The summed E-state index contributed by atoms with van der Waals surface area (Å²) in [6, 6.07) is 8.90. The van der Waals surface area contributed by atoms with Gasteiger partial charge in [0, 0.05) is 6.21 Å². The molecule has 1 aliphatic heterocycles. The quantitative estimate of drug-likeness (QED) is 0.530. The lowest BCUT2D eigenvalue weighted by Crippen LogP contribution is -2.10. The third-order valence-electron chi connectivity index (χ3n) is 2.04. The van der Waals surface area contributed by atoms with E-state index < -0.39 is 0 Å². The number of hydrogen-bond donors (Lipinski definition) is 0. The molecule has 0 radical (unpaired) electrons. The minimum atomic E-state index is 0.463. The van der Waals surface area contributed by atoms with Crippen LogP contribution in [0, 0.1) is 0 Å². The smallest absolute Gasteiger partial charge is 0.0512 e. The molecule has 1 aromatic carbocycles. The molecule has 1 heterocycles. The topological polar surface area (TPSA) is 12.4 Å². The second kappa shape index (κ2) is 2.50. The molecule has 11 heavy (non-hydrogen) atoms. The molecule has 56 valence electrons. The van der Waals surface area contributed by atoms with Gasteiger partial charge in [0.2, 0.25) is 0 Å². The third-order valence-corrected chi connectivity index (χ3v) is 2.04. The largest absolute Gasteiger partial charge is 0.289 e. The van der Waals surface area contributed by atoms with Gasteiger partial charge < -0.3 is 0 Å². The molecular formula is C10H11N. The Balaban J connectivity index is 2.46. The Morgan fingerprint density at radius 2 is 2.18 bits per heavy atom. The van der Waals surface area contributed by atoms with Gasteiger partial charge in [-0.15, -0.1) is 0 Å². The van der Waals surface area contributed by atoms with Crippen LogP contribution in [-0.4, -0.2) is 12.3 Å². The second-order valence-corrected chi connectivity index (χ2v) is 3.03. The molecule has 1 heteroatoms. The average molecular weight is 145 g/mol. The number of aliphatic imine (C=N–C) groups is 1. The summed E-state index contributed by atoms with van der Waals surface area (Å²) in [5, 5.41) is 0. The highest BCUT2D eigenvalue weighted by atomic mass is 14.8. The zero-order chi connectivity index (χ0) is 7.68. The standard InChI is InChI=1S/C10H11N/c1-8-6-9-4-2-3-5-10(9)7-11-8/h2-5,7-8H,6H2,1H3/t8-/m1/s1. The molecule has 0 amide bonds. The van der Waals surface area contributed by atoms with Gasteiger partial charge in [0.05, 0.1) is 6.04 Å². The predicted molar refractivity (Wildman–Crippen MR) is 47.2 cm³/mol. The Hall–Kier alpha value is -1.11. The van der Waals surface area contributed by atoms with Crippen LogP contribution in [-0.2, 0) is 6.42 Å². The van der Waals surface area contributed by atoms with Crippen LogP contribution in [0.5, 0.6) is 0 Å². The number of benzene rings is 1. The van der Waals surface area contributed by atoms with Gasteiger partial charge in [0.25, 0.3) is 0 Å². The van der Waals surface area contributed by atoms with Crippen molar-refractivity contribution in [3.05, 3.63) is 35.4 Å². The van der Waals surface area contributed by atoms with Gasteiger partial charge in [-0.25, -0.2) is 0 Å². The molecule has 0 aliphatic carbocycles. The van der Waals surface area contributed by atoms with Crippen LogP contribution in [0.15, 0.2) is 29.3 Å². The van der Waals surface area contributed by atoms with E-state index in [1.54, 1.807) is 0 Å². The normalized spacial score (nSPS) is 21.4. The molecule has 0 saturated heterocycles. The van der Waals surface area contributed by atoms with Crippen molar-refractivity contribution >= 4 is 6.21 Å². The Labute approximate surface area is 66.8 Å². The number of hydrogen-bond acceptors (Lipinski definition) is 1. The second-order valence-electron chi connectivity index (χ2n) is 3.03. The van der Waals surface area contributed by atoms with Crippen LogP contribution < -0.4 is 0 Å². The monoisotopic (exact) mass is 145 g/mol. The summed E-state index contributed by atoms with van der Waals surface area (Å²) in [5.41, 5.74) is 2.71. The minimum Gasteiger partial charge on any atom is -0.289 e. The average Bonchev–Trinajstić information content (AvgIpc) is 2.04. The van der Waals surface area contributed by atoms with Crippen LogP contribution >= 0.6 is 0 Å². The predicted octanol–water partition coefficient (Wildman–Crippen LogP) is 2.05. The van der Waals surface area contributed by atoms with Crippen molar-refractivity contribution in [3.63, 3.8) is 0 Å². The van der Waals surface area contributed by atoms with Gasteiger partial charge in [0.1, 0.15) is 0 Å². The highest BCUT2D eigenvalue weighted by Crippen LogP contribution is 2.14. The minimum absolute atomic E-state index is 0.463. The lowest BCUT2D eigenvalue weighted by Gasteiger charge is -2.14. The van der Waals surface area contributed by atoms with Crippen molar-refractivity contribution in [2.45, 2.75) is 19.4 Å². The Kier molecular flexibility index (Phi) is 1.50. The fraction of sp³-hybridized carbons (Fsp3) is 0.300. The first-order valence-electron chi connectivity index (χ1n) is 3.97. The molecule has 0 bridgehead atoms. The zero-order valence-electron chi connectivity index (χ0n) is 6.62.